The lowest BCUT2D eigenvalue weighted by atomic mass is 9.86. The molecule has 4 aliphatic carbocycles. The molecule has 0 bridgehead atoms. The van der Waals surface area contributed by atoms with E-state index < -0.39 is 0 Å². The molecule has 2 aromatic rings. The Balaban J connectivity index is 1.36. The van der Waals surface area contributed by atoms with Gasteiger partial charge in [-0.1, -0.05) is 64.2 Å². The molecular weight excluding hydrogens is 414 g/mol. The number of nitrogens with zero attached hydrogens (tertiary/aromatic N) is 8. The first kappa shape index (κ1) is 21.6. The Hall–Kier alpha value is -1.90. The van der Waals surface area contributed by atoms with Crippen LogP contribution in [0.1, 0.15) is 139 Å². The van der Waals surface area contributed by atoms with Gasteiger partial charge in [0.1, 0.15) is 0 Å². The van der Waals surface area contributed by atoms with Crippen LogP contribution in [0.3, 0.4) is 0 Å². The SMILES string of the molecule is C1CCC(n2nnnc2C2(NC3(c4nnnn4C4CCCCC4)CCCC3)CCCC2)CC1. The molecular formula is C24H39N9. The molecule has 6 rings (SSSR count). The van der Waals surface area contributed by atoms with Crippen molar-refractivity contribution in [1.29, 1.82) is 0 Å². The van der Waals surface area contributed by atoms with Crippen molar-refractivity contribution in [2.75, 3.05) is 0 Å². The van der Waals surface area contributed by atoms with Crippen molar-refractivity contribution in [3.8, 4) is 0 Å². The Morgan fingerprint density at radius 2 is 0.939 bits per heavy atom. The summed E-state index contributed by atoms with van der Waals surface area (Å²) < 4.78 is 4.40. The van der Waals surface area contributed by atoms with Gasteiger partial charge in [-0.05, 0) is 72.2 Å². The Kier molecular flexibility index (Phi) is 5.92. The average molecular weight is 454 g/mol. The van der Waals surface area contributed by atoms with Crippen LogP contribution in [0.2, 0.25) is 0 Å². The van der Waals surface area contributed by atoms with E-state index in [4.69, 9.17) is 10.2 Å². The minimum atomic E-state index is -0.186. The van der Waals surface area contributed by atoms with Gasteiger partial charge in [-0.3, -0.25) is 5.32 Å². The molecule has 2 aromatic heterocycles. The highest BCUT2D eigenvalue weighted by molar-refractivity contribution is 5.17. The third-order valence-electron chi connectivity index (χ3n) is 9.08. The summed E-state index contributed by atoms with van der Waals surface area (Å²) in [4.78, 5) is 0. The Morgan fingerprint density at radius 3 is 1.33 bits per heavy atom. The van der Waals surface area contributed by atoms with Gasteiger partial charge in [0.2, 0.25) is 0 Å². The molecule has 4 fully saturated rings. The second-order valence-corrected chi connectivity index (χ2v) is 11.2. The quantitative estimate of drug-likeness (QED) is 0.687. The first-order valence-electron chi connectivity index (χ1n) is 13.7. The molecule has 33 heavy (non-hydrogen) atoms. The maximum atomic E-state index is 4.69. The predicted octanol–water partition coefficient (Wildman–Crippen LogP) is 4.50. The average Bonchev–Trinajstić information content (AvgIpc) is 3.67. The molecule has 4 aliphatic rings. The highest BCUT2D eigenvalue weighted by Crippen LogP contribution is 2.47. The van der Waals surface area contributed by atoms with Crippen LogP contribution in [0.25, 0.3) is 0 Å². The van der Waals surface area contributed by atoms with Crippen molar-refractivity contribution in [1.82, 2.24) is 45.7 Å². The number of tetrazole rings is 2. The van der Waals surface area contributed by atoms with Crippen LogP contribution < -0.4 is 5.32 Å². The van der Waals surface area contributed by atoms with E-state index in [1.165, 1.54) is 89.9 Å². The van der Waals surface area contributed by atoms with Crippen molar-refractivity contribution in [2.45, 2.75) is 139 Å². The Bertz CT molecular complexity index is 836. The topological polar surface area (TPSA) is 99.2 Å². The molecule has 9 nitrogen and oxygen atoms in total. The molecule has 0 aliphatic heterocycles. The lowest BCUT2D eigenvalue weighted by molar-refractivity contribution is 0.164. The van der Waals surface area contributed by atoms with Gasteiger partial charge in [0.25, 0.3) is 0 Å². The highest BCUT2D eigenvalue weighted by atomic mass is 15.6. The second-order valence-electron chi connectivity index (χ2n) is 11.2. The zero-order chi connectivity index (χ0) is 22.1. The summed E-state index contributed by atoms with van der Waals surface area (Å²) in [5.41, 5.74) is -0.372. The van der Waals surface area contributed by atoms with E-state index in [1.54, 1.807) is 0 Å². The zero-order valence-electron chi connectivity index (χ0n) is 20.0. The molecule has 180 valence electrons. The summed E-state index contributed by atoms with van der Waals surface area (Å²) >= 11 is 0. The summed E-state index contributed by atoms with van der Waals surface area (Å²) in [6.07, 6.45) is 21.8. The van der Waals surface area contributed by atoms with Crippen molar-refractivity contribution in [3.63, 3.8) is 0 Å². The number of hydrogen-bond acceptors (Lipinski definition) is 7. The van der Waals surface area contributed by atoms with Crippen LogP contribution in [0.15, 0.2) is 0 Å². The molecule has 0 saturated heterocycles. The second kappa shape index (κ2) is 9.04. The van der Waals surface area contributed by atoms with E-state index in [9.17, 15) is 0 Å². The van der Waals surface area contributed by atoms with Crippen LogP contribution in [0.4, 0.5) is 0 Å². The molecule has 2 heterocycles. The molecule has 0 atom stereocenters. The third-order valence-corrected chi connectivity index (χ3v) is 9.08. The van der Waals surface area contributed by atoms with Crippen LogP contribution >= 0.6 is 0 Å². The molecule has 0 unspecified atom stereocenters. The van der Waals surface area contributed by atoms with Crippen molar-refractivity contribution in [3.05, 3.63) is 11.6 Å². The molecule has 0 radical (unpaired) electrons. The molecule has 1 N–H and O–H groups in total. The van der Waals surface area contributed by atoms with Crippen molar-refractivity contribution in [2.24, 2.45) is 0 Å². The van der Waals surface area contributed by atoms with E-state index >= 15 is 0 Å². The fourth-order valence-electron chi connectivity index (χ4n) is 7.38. The Morgan fingerprint density at radius 1 is 0.545 bits per heavy atom. The van der Waals surface area contributed by atoms with Gasteiger partial charge >= 0.3 is 0 Å². The van der Waals surface area contributed by atoms with Crippen molar-refractivity contribution >= 4 is 0 Å². The number of rotatable bonds is 6. The first-order valence-corrected chi connectivity index (χ1v) is 13.7. The normalized spacial score (nSPS) is 26.2. The molecule has 0 aromatic carbocycles. The fraction of sp³-hybridized carbons (Fsp3) is 0.917. The summed E-state index contributed by atoms with van der Waals surface area (Å²) in [6.45, 7) is 0. The zero-order valence-corrected chi connectivity index (χ0v) is 20.0. The molecule has 0 amide bonds. The van der Waals surface area contributed by atoms with Crippen LogP contribution in [0.5, 0.6) is 0 Å². The number of hydrogen-bond donors (Lipinski definition) is 1. The van der Waals surface area contributed by atoms with E-state index in [0.717, 1.165) is 37.3 Å². The van der Waals surface area contributed by atoms with Gasteiger partial charge in [0.05, 0.1) is 23.2 Å². The summed E-state index contributed by atoms with van der Waals surface area (Å²) in [5.74, 6) is 2.13. The van der Waals surface area contributed by atoms with Gasteiger partial charge in [0, 0.05) is 0 Å². The molecule has 0 spiro atoms. The van der Waals surface area contributed by atoms with Gasteiger partial charge in [0.15, 0.2) is 11.6 Å². The lowest BCUT2D eigenvalue weighted by Crippen LogP contribution is -2.54. The maximum absolute atomic E-state index is 4.69. The van der Waals surface area contributed by atoms with Gasteiger partial charge in [-0.25, -0.2) is 9.36 Å². The highest BCUT2D eigenvalue weighted by Gasteiger charge is 2.51. The van der Waals surface area contributed by atoms with Crippen molar-refractivity contribution < 1.29 is 0 Å². The van der Waals surface area contributed by atoms with Crippen LogP contribution in [-0.2, 0) is 11.1 Å². The first-order chi connectivity index (χ1) is 16.3. The summed E-state index contributed by atoms with van der Waals surface area (Å²) in [5, 5.41) is 31.2. The Labute approximate surface area is 196 Å². The molecule has 4 saturated carbocycles. The largest absolute Gasteiger partial charge is 0.292 e. The van der Waals surface area contributed by atoms with Gasteiger partial charge in [-0.2, -0.15) is 0 Å². The summed E-state index contributed by atoms with van der Waals surface area (Å²) in [6, 6.07) is 0.880. The van der Waals surface area contributed by atoms with Crippen LogP contribution in [0, 0.1) is 0 Å². The lowest BCUT2D eigenvalue weighted by Gasteiger charge is -2.41. The molecule has 9 heteroatoms. The monoisotopic (exact) mass is 453 g/mol. The minimum absolute atomic E-state index is 0.186. The van der Waals surface area contributed by atoms with Crippen LogP contribution in [-0.4, -0.2) is 40.4 Å². The number of nitrogens with one attached hydrogen (secondary N) is 1. The van der Waals surface area contributed by atoms with E-state index in [2.05, 4.69) is 35.5 Å². The van der Waals surface area contributed by atoms with Gasteiger partial charge in [-0.15, -0.1) is 10.2 Å². The number of aromatic nitrogens is 8. The van der Waals surface area contributed by atoms with Gasteiger partial charge < -0.3 is 0 Å². The fourth-order valence-corrected chi connectivity index (χ4v) is 7.38. The third kappa shape index (κ3) is 3.90. The predicted molar refractivity (Wildman–Crippen MR) is 123 cm³/mol. The smallest absolute Gasteiger partial charge is 0.171 e. The standard InChI is InChI=1S/C24H39N9/c1-3-11-19(12-4-1)32-21(25-28-30-32)23(15-7-8-16-23)27-24(17-9-10-18-24)22-26-29-31-33(22)20-13-5-2-6-14-20/h19-20,27H,1-18H2. The van der Waals surface area contributed by atoms with E-state index in [-0.39, 0.29) is 11.1 Å². The summed E-state index contributed by atoms with van der Waals surface area (Å²) in [7, 11) is 0. The van der Waals surface area contributed by atoms with E-state index in [1.807, 2.05) is 0 Å². The van der Waals surface area contributed by atoms with E-state index in [0.29, 0.717) is 12.1 Å². The minimum Gasteiger partial charge on any atom is -0.292 e. The maximum Gasteiger partial charge on any atom is 0.171 e.